The molecule has 4 heteroatoms. The number of thiocarbonyl (C=S) groups is 1. The molecule has 0 heterocycles. The van der Waals surface area contributed by atoms with Crippen LogP contribution in [0.25, 0.3) is 6.08 Å². The SMILES string of the molecule is O=C(/C=C/c1ccccc1N=C=S)[C]1[CH][CH][CH][CH]1.[CH]1[CH][CH][CH][CH]1.[Fe+2]. The molecule has 0 saturated heterocycles. The Morgan fingerprint density at radius 2 is 1.54 bits per heavy atom. The average Bonchev–Trinajstić information content (AvgIpc) is 3.29. The Bertz CT molecular complexity index is 575. The molecule has 0 aromatic heterocycles. The third-order valence-electron chi connectivity index (χ3n) is 3.02. The molecule has 0 unspecified atom stereocenters. The van der Waals surface area contributed by atoms with Crippen molar-refractivity contribution in [1.29, 1.82) is 0 Å². The van der Waals surface area contributed by atoms with E-state index in [2.05, 4.69) is 22.4 Å². The normalized spacial score (nSPS) is 16.8. The minimum Gasteiger partial charge on any atom is -0.294 e. The molecule has 24 heavy (non-hydrogen) atoms. The van der Waals surface area contributed by atoms with E-state index in [1.165, 1.54) is 6.08 Å². The van der Waals surface area contributed by atoms with Gasteiger partial charge in [-0.3, -0.25) is 4.79 Å². The van der Waals surface area contributed by atoms with Gasteiger partial charge in [-0.25, -0.2) is 0 Å². The van der Waals surface area contributed by atoms with Crippen molar-refractivity contribution in [1.82, 2.24) is 0 Å². The molecule has 118 valence electrons. The third-order valence-corrected chi connectivity index (χ3v) is 3.11. The summed E-state index contributed by atoms with van der Waals surface area (Å²) in [5, 5.41) is 2.33. The van der Waals surface area contributed by atoms with E-state index in [0.29, 0.717) is 11.6 Å². The van der Waals surface area contributed by atoms with Crippen LogP contribution in [-0.2, 0) is 21.9 Å². The van der Waals surface area contributed by atoms with Crippen molar-refractivity contribution in [2.75, 3.05) is 0 Å². The van der Waals surface area contributed by atoms with E-state index in [1.807, 2.05) is 69.2 Å². The molecule has 1 aromatic rings. The minimum absolute atomic E-state index is 0. The number of carbonyl (C=O) groups excluding carboxylic acids is 1. The van der Waals surface area contributed by atoms with E-state index in [-0.39, 0.29) is 22.9 Å². The number of nitrogens with zero attached hydrogens (tertiary/aromatic N) is 1. The van der Waals surface area contributed by atoms with E-state index in [4.69, 9.17) is 0 Å². The number of isothiocyanates is 1. The van der Waals surface area contributed by atoms with Crippen LogP contribution in [0.1, 0.15) is 5.56 Å². The molecule has 0 atom stereocenters. The van der Waals surface area contributed by atoms with Crippen LogP contribution in [0, 0.1) is 63.7 Å². The molecule has 2 aliphatic carbocycles. The number of hydrogen-bond acceptors (Lipinski definition) is 3. The number of ketones is 1. The van der Waals surface area contributed by atoms with Gasteiger partial charge in [-0.05, 0) is 88.2 Å². The zero-order valence-corrected chi connectivity index (χ0v) is 14.7. The Kier molecular flexibility index (Phi) is 10.8. The van der Waals surface area contributed by atoms with Gasteiger partial charge in [0.05, 0.1) is 16.8 Å². The Morgan fingerprint density at radius 1 is 0.958 bits per heavy atom. The maximum Gasteiger partial charge on any atom is 2.00 e. The van der Waals surface area contributed by atoms with Crippen LogP contribution in [0.3, 0.4) is 0 Å². The fourth-order valence-electron chi connectivity index (χ4n) is 1.90. The number of rotatable bonds is 4. The fraction of sp³-hybridized carbons (Fsp3) is 0. The quantitative estimate of drug-likeness (QED) is 0.338. The number of hydrogen-bond donors (Lipinski definition) is 0. The number of para-hydroxylation sites is 1. The van der Waals surface area contributed by atoms with Crippen molar-refractivity contribution >= 4 is 34.9 Å². The van der Waals surface area contributed by atoms with E-state index in [9.17, 15) is 4.79 Å². The summed E-state index contributed by atoms with van der Waals surface area (Å²) in [7, 11) is 0. The second-order valence-electron chi connectivity index (χ2n) is 4.60. The Balaban J connectivity index is 0.000000412. The van der Waals surface area contributed by atoms with Gasteiger partial charge in [0.1, 0.15) is 0 Å². The second kappa shape index (κ2) is 12.3. The number of benzene rings is 1. The maximum absolute atomic E-state index is 11.8. The van der Waals surface area contributed by atoms with Gasteiger partial charge in [0, 0.05) is 5.56 Å². The summed E-state index contributed by atoms with van der Waals surface area (Å²) < 4.78 is 0. The molecule has 1 aromatic carbocycles. The summed E-state index contributed by atoms with van der Waals surface area (Å²) in [6.45, 7) is 0. The van der Waals surface area contributed by atoms with Gasteiger partial charge in [-0.2, -0.15) is 4.99 Å². The van der Waals surface area contributed by atoms with Gasteiger partial charge in [0.15, 0.2) is 5.78 Å². The van der Waals surface area contributed by atoms with Crippen LogP contribution in [0.15, 0.2) is 35.3 Å². The summed E-state index contributed by atoms with van der Waals surface area (Å²) in [6.07, 6.45) is 20.5. The largest absolute Gasteiger partial charge is 2.00 e. The summed E-state index contributed by atoms with van der Waals surface area (Å²) in [6, 6.07) is 7.45. The van der Waals surface area contributed by atoms with Crippen molar-refractivity contribution in [3.8, 4) is 0 Å². The molecule has 2 nitrogen and oxygen atoms in total. The van der Waals surface area contributed by atoms with Crippen LogP contribution >= 0.6 is 12.2 Å². The van der Waals surface area contributed by atoms with Crippen LogP contribution in [0.4, 0.5) is 5.69 Å². The van der Waals surface area contributed by atoms with Crippen molar-refractivity contribution < 1.29 is 21.9 Å². The van der Waals surface area contributed by atoms with E-state index in [1.54, 1.807) is 18.9 Å². The number of allylic oxidation sites excluding steroid dienone is 1. The van der Waals surface area contributed by atoms with E-state index in [0.717, 1.165) is 5.56 Å². The fourth-order valence-corrected chi connectivity index (χ4v) is 2.00. The van der Waals surface area contributed by atoms with Crippen LogP contribution in [0.5, 0.6) is 0 Å². The van der Waals surface area contributed by atoms with Gasteiger partial charge < -0.3 is 0 Å². The summed E-state index contributed by atoms with van der Waals surface area (Å²) in [5.41, 5.74) is 1.55. The van der Waals surface area contributed by atoms with Crippen LogP contribution < -0.4 is 0 Å². The van der Waals surface area contributed by atoms with Gasteiger partial charge in [-0.1, -0.05) is 18.2 Å². The monoisotopic (exact) mass is 373 g/mol. The Labute approximate surface area is 161 Å². The average molecular weight is 373 g/mol. The molecule has 2 fully saturated rings. The first kappa shape index (κ1) is 21.0. The molecule has 0 spiro atoms. The summed E-state index contributed by atoms with van der Waals surface area (Å²) >= 11 is 4.59. The van der Waals surface area contributed by atoms with Crippen molar-refractivity contribution in [3.63, 3.8) is 0 Å². The molecule has 0 aliphatic heterocycles. The maximum atomic E-state index is 11.8. The number of carbonyl (C=O) groups is 1. The predicted molar refractivity (Wildman–Crippen MR) is 97.1 cm³/mol. The van der Waals surface area contributed by atoms with Crippen molar-refractivity contribution in [2.45, 2.75) is 0 Å². The molecule has 10 radical (unpaired) electrons. The second-order valence-corrected chi connectivity index (χ2v) is 4.78. The zero-order chi connectivity index (χ0) is 16.3. The molecular weight excluding hydrogens is 358 g/mol. The molecule has 0 N–H and O–H groups in total. The summed E-state index contributed by atoms with van der Waals surface area (Å²) in [5.74, 6) is 0.656. The van der Waals surface area contributed by atoms with E-state index < -0.39 is 0 Å². The van der Waals surface area contributed by atoms with E-state index >= 15 is 0 Å². The topological polar surface area (TPSA) is 29.4 Å². The molecule has 0 bridgehead atoms. The first-order valence-electron chi connectivity index (χ1n) is 7.09. The molecular formula is C20H15FeNOS+2. The van der Waals surface area contributed by atoms with Crippen molar-refractivity contribution in [3.05, 3.63) is 99.6 Å². The van der Waals surface area contributed by atoms with Crippen LogP contribution in [0.2, 0.25) is 0 Å². The van der Waals surface area contributed by atoms with Gasteiger partial charge in [-0.15, -0.1) is 0 Å². The standard InChI is InChI=1S/C15H10NOS.C5H5.Fe/c17-15(13-6-1-2-7-13)10-9-12-5-3-4-8-14(12)16-11-18;1-2-4-5-3-1;/h1-10H;1-5H;/q;;+2/b10-9+;;. The Morgan fingerprint density at radius 3 is 2.12 bits per heavy atom. The van der Waals surface area contributed by atoms with Gasteiger partial charge in [0.2, 0.25) is 0 Å². The third kappa shape index (κ3) is 7.23. The smallest absolute Gasteiger partial charge is 0.294 e. The minimum atomic E-state index is -0.0267. The first-order valence-corrected chi connectivity index (χ1v) is 7.50. The first-order chi connectivity index (χ1) is 11.3. The van der Waals surface area contributed by atoms with Gasteiger partial charge >= 0.3 is 17.1 Å². The molecule has 0 amide bonds. The summed E-state index contributed by atoms with van der Waals surface area (Å²) in [4.78, 5) is 15.7. The van der Waals surface area contributed by atoms with Gasteiger partial charge in [0.25, 0.3) is 0 Å². The zero-order valence-electron chi connectivity index (χ0n) is 12.8. The molecule has 2 aliphatic rings. The van der Waals surface area contributed by atoms with Crippen molar-refractivity contribution in [2.24, 2.45) is 4.99 Å². The Hall–Kier alpha value is -1.05. The molecule has 3 rings (SSSR count). The van der Waals surface area contributed by atoms with Crippen LogP contribution in [-0.4, -0.2) is 10.9 Å². The number of aliphatic imine (C=N–C) groups is 1. The predicted octanol–water partition coefficient (Wildman–Crippen LogP) is 4.43. The molecule has 2 saturated carbocycles.